The van der Waals surface area contributed by atoms with E-state index in [1.807, 2.05) is 19.9 Å². The van der Waals surface area contributed by atoms with Gasteiger partial charge in [0.05, 0.1) is 25.1 Å². The summed E-state index contributed by atoms with van der Waals surface area (Å²) in [6, 6.07) is 1.89. The second-order valence-electron chi connectivity index (χ2n) is 3.87. The van der Waals surface area contributed by atoms with Crippen molar-refractivity contribution in [3.63, 3.8) is 0 Å². The van der Waals surface area contributed by atoms with Gasteiger partial charge in [-0.15, -0.1) is 0 Å². The van der Waals surface area contributed by atoms with E-state index in [4.69, 9.17) is 10.5 Å². The molecule has 3 N–H and O–H groups in total. The van der Waals surface area contributed by atoms with Gasteiger partial charge < -0.3 is 15.8 Å². The number of nitrogen functional groups attached to an aromatic ring is 1. The summed E-state index contributed by atoms with van der Waals surface area (Å²) in [5.41, 5.74) is 8.37. The highest BCUT2D eigenvalue weighted by molar-refractivity contribution is 5.50. The Labute approximate surface area is 96.5 Å². The van der Waals surface area contributed by atoms with E-state index in [1.165, 1.54) is 0 Å². The van der Waals surface area contributed by atoms with Gasteiger partial charge in [-0.05, 0) is 25.5 Å². The number of ether oxygens (including phenoxy) is 1. The minimum atomic E-state index is 0.607. The lowest BCUT2D eigenvalue weighted by Crippen LogP contribution is -2.12. The monoisotopic (exact) mass is 221 g/mol. The Morgan fingerprint density at radius 2 is 2.38 bits per heavy atom. The number of hydrogen-bond donors (Lipinski definition) is 2. The fourth-order valence-electron chi connectivity index (χ4n) is 1.27. The molecule has 0 aromatic carbocycles. The number of hydrogen-bond acceptors (Lipinski definition) is 4. The lowest BCUT2D eigenvalue weighted by Gasteiger charge is -2.09. The molecule has 88 valence electrons. The summed E-state index contributed by atoms with van der Waals surface area (Å²) in [6.07, 6.45) is 1.64. The second-order valence-corrected chi connectivity index (χ2v) is 3.87. The van der Waals surface area contributed by atoms with Crippen molar-refractivity contribution in [2.45, 2.75) is 13.8 Å². The zero-order valence-electron chi connectivity index (χ0n) is 9.92. The maximum Gasteiger partial charge on any atom is 0.129 e. The third-order valence-electron chi connectivity index (χ3n) is 1.99. The van der Waals surface area contributed by atoms with Crippen molar-refractivity contribution in [2.24, 2.45) is 0 Å². The standard InChI is InChI=1S/C12H19N3O/c1-9(2)8-16-5-4-14-12-10(3)6-11(13)7-15-12/h6-7H,1,4-5,8,13H2,2-3H3,(H,14,15). The Kier molecular flexibility index (Phi) is 4.79. The average molecular weight is 221 g/mol. The zero-order valence-corrected chi connectivity index (χ0v) is 9.92. The number of aromatic nitrogens is 1. The summed E-state index contributed by atoms with van der Waals surface area (Å²) >= 11 is 0. The number of nitrogens with one attached hydrogen (secondary N) is 1. The number of pyridine rings is 1. The van der Waals surface area contributed by atoms with Crippen molar-refractivity contribution < 1.29 is 4.74 Å². The molecule has 1 aromatic rings. The largest absolute Gasteiger partial charge is 0.397 e. The normalized spacial score (nSPS) is 10.1. The van der Waals surface area contributed by atoms with E-state index in [9.17, 15) is 0 Å². The van der Waals surface area contributed by atoms with Gasteiger partial charge in [0.1, 0.15) is 5.82 Å². The molecule has 0 aliphatic rings. The smallest absolute Gasteiger partial charge is 0.129 e. The molecular weight excluding hydrogens is 202 g/mol. The van der Waals surface area contributed by atoms with Crippen LogP contribution in [0.1, 0.15) is 12.5 Å². The van der Waals surface area contributed by atoms with Crippen LogP contribution < -0.4 is 11.1 Å². The molecule has 0 saturated carbocycles. The Morgan fingerprint density at radius 3 is 3.00 bits per heavy atom. The fourth-order valence-corrected chi connectivity index (χ4v) is 1.27. The van der Waals surface area contributed by atoms with Crippen LogP contribution in [0.4, 0.5) is 11.5 Å². The number of rotatable bonds is 6. The quantitative estimate of drug-likeness (QED) is 0.569. The summed E-state index contributed by atoms with van der Waals surface area (Å²) < 4.78 is 5.37. The van der Waals surface area contributed by atoms with Gasteiger partial charge in [-0.2, -0.15) is 0 Å². The van der Waals surface area contributed by atoms with Crippen LogP contribution in [-0.2, 0) is 4.74 Å². The van der Waals surface area contributed by atoms with Crippen molar-refractivity contribution in [2.75, 3.05) is 30.8 Å². The van der Waals surface area contributed by atoms with E-state index < -0.39 is 0 Å². The molecule has 0 bridgehead atoms. The molecule has 0 spiro atoms. The first kappa shape index (κ1) is 12.5. The van der Waals surface area contributed by atoms with E-state index in [0.29, 0.717) is 18.9 Å². The van der Waals surface area contributed by atoms with Gasteiger partial charge in [0, 0.05) is 6.54 Å². The molecule has 0 radical (unpaired) electrons. The van der Waals surface area contributed by atoms with Gasteiger partial charge in [0.25, 0.3) is 0 Å². The Balaban J connectivity index is 2.29. The van der Waals surface area contributed by atoms with Crippen LogP contribution in [-0.4, -0.2) is 24.7 Å². The molecule has 0 fully saturated rings. The van der Waals surface area contributed by atoms with Crippen LogP contribution in [0.2, 0.25) is 0 Å². The van der Waals surface area contributed by atoms with Crippen LogP contribution in [0.15, 0.2) is 24.4 Å². The molecule has 0 saturated heterocycles. The lowest BCUT2D eigenvalue weighted by atomic mass is 10.2. The van der Waals surface area contributed by atoms with E-state index >= 15 is 0 Å². The molecule has 1 heterocycles. The second kappa shape index (κ2) is 6.12. The highest BCUT2D eigenvalue weighted by Gasteiger charge is 1.99. The Bertz CT molecular complexity index is 363. The third kappa shape index (κ3) is 4.31. The minimum absolute atomic E-state index is 0.607. The molecule has 0 unspecified atom stereocenters. The SMILES string of the molecule is C=C(C)COCCNc1ncc(N)cc1C. The summed E-state index contributed by atoms with van der Waals surface area (Å²) in [5.74, 6) is 0.855. The van der Waals surface area contributed by atoms with E-state index in [-0.39, 0.29) is 0 Å². The lowest BCUT2D eigenvalue weighted by molar-refractivity contribution is 0.167. The predicted molar refractivity (Wildman–Crippen MR) is 67.5 cm³/mol. The molecule has 16 heavy (non-hydrogen) atoms. The number of nitrogens with zero attached hydrogens (tertiary/aromatic N) is 1. The maximum absolute atomic E-state index is 5.61. The molecule has 0 amide bonds. The summed E-state index contributed by atoms with van der Waals surface area (Å²) in [5, 5.41) is 3.19. The highest BCUT2D eigenvalue weighted by atomic mass is 16.5. The van der Waals surface area contributed by atoms with Crippen molar-refractivity contribution in [1.82, 2.24) is 4.98 Å². The highest BCUT2D eigenvalue weighted by Crippen LogP contribution is 2.13. The molecule has 1 aromatic heterocycles. The fraction of sp³-hybridized carbons (Fsp3) is 0.417. The summed E-state index contributed by atoms with van der Waals surface area (Å²) in [4.78, 5) is 4.20. The van der Waals surface area contributed by atoms with Crippen molar-refractivity contribution in [3.05, 3.63) is 30.0 Å². The van der Waals surface area contributed by atoms with Crippen LogP contribution in [0.3, 0.4) is 0 Å². The van der Waals surface area contributed by atoms with Gasteiger partial charge in [-0.1, -0.05) is 12.2 Å². The van der Waals surface area contributed by atoms with Gasteiger partial charge in [-0.25, -0.2) is 4.98 Å². The Hall–Kier alpha value is -1.55. The molecule has 1 rings (SSSR count). The van der Waals surface area contributed by atoms with Gasteiger partial charge in [0.15, 0.2) is 0 Å². The van der Waals surface area contributed by atoms with Crippen LogP contribution in [0.25, 0.3) is 0 Å². The van der Waals surface area contributed by atoms with Crippen molar-refractivity contribution >= 4 is 11.5 Å². The maximum atomic E-state index is 5.61. The van der Waals surface area contributed by atoms with Crippen molar-refractivity contribution in [3.8, 4) is 0 Å². The third-order valence-corrected chi connectivity index (χ3v) is 1.99. The van der Waals surface area contributed by atoms with E-state index in [0.717, 1.165) is 23.5 Å². The molecule has 0 atom stereocenters. The van der Waals surface area contributed by atoms with Gasteiger partial charge in [0.2, 0.25) is 0 Å². The molecule has 0 aliphatic heterocycles. The van der Waals surface area contributed by atoms with Crippen LogP contribution >= 0.6 is 0 Å². The minimum Gasteiger partial charge on any atom is -0.397 e. The summed E-state index contributed by atoms with van der Waals surface area (Å²) in [7, 11) is 0. The van der Waals surface area contributed by atoms with Crippen LogP contribution in [0.5, 0.6) is 0 Å². The molecule has 0 aliphatic carbocycles. The average Bonchev–Trinajstić information content (AvgIpc) is 2.20. The molecular formula is C12H19N3O. The zero-order chi connectivity index (χ0) is 12.0. The topological polar surface area (TPSA) is 60.2 Å². The molecule has 4 heteroatoms. The predicted octanol–water partition coefficient (Wildman–Crippen LogP) is 1.98. The van der Waals surface area contributed by atoms with E-state index in [2.05, 4.69) is 16.9 Å². The van der Waals surface area contributed by atoms with E-state index in [1.54, 1.807) is 6.20 Å². The van der Waals surface area contributed by atoms with Crippen molar-refractivity contribution in [1.29, 1.82) is 0 Å². The summed E-state index contributed by atoms with van der Waals surface area (Å²) in [6.45, 7) is 9.65. The first-order chi connectivity index (χ1) is 7.59. The number of nitrogens with two attached hydrogens (primary N) is 1. The first-order valence-electron chi connectivity index (χ1n) is 5.27. The number of anilines is 2. The first-order valence-corrected chi connectivity index (χ1v) is 5.27. The molecule has 4 nitrogen and oxygen atoms in total. The van der Waals surface area contributed by atoms with Gasteiger partial charge in [-0.3, -0.25) is 0 Å². The van der Waals surface area contributed by atoms with Crippen LogP contribution in [0, 0.1) is 6.92 Å². The Morgan fingerprint density at radius 1 is 1.62 bits per heavy atom. The van der Waals surface area contributed by atoms with Gasteiger partial charge >= 0.3 is 0 Å². The number of aryl methyl sites for hydroxylation is 1.